The van der Waals surface area contributed by atoms with Gasteiger partial charge >= 0.3 is 0 Å². The standard InChI is InChI=1S/C16H21ClN4O2S/c1-3-21-13(2)16(12-18-21)24(22,23)20-9-7-19(8-10-20)15-6-4-5-14(17)11-15/h4-6,11-12H,3,7-10H2,1-2H3. The first-order chi connectivity index (χ1) is 11.4. The fraction of sp³-hybridized carbons (Fsp3) is 0.438. The molecule has 0 aliphatic carbocycles. The second-order valence-electron chi connectivity index (χ2n) is 5.78. The highest BCUT2D eigenvalue weighted by molar-refractivity contribution is 7.89. The largest absolute Gasteiger partial charge is 0.369 e. The fourth-order valence-electron chi connectivity index (χ4n) is 3.00. The Morgan fingerprint density at radius 3 is 2.50 bits per heavy atom. The van der Waals surface area contributed by atoms with Crippen molar-refractivity contribution in [2.24, 2.45) is 0 Å². The molecule has 3 rings (SSSR count). The molecule has 2 aromatic rings. The average Bonchev–Trinajstić information content (AvgIpc) is 2.96. The molecule has 130 valence electrons. The van der Waals surface area contributed by atoms with Gasteiger partial charge in [-0.05, 0) is 32.0 Å². The highest BCUT2D eigenvalue weighted by Gasteiger charge is 2.31. The lowest BCUT2D eigenvalue weighted by Gasteiger charge is -2.35. The van der Waals surface area contributed by atoms with Crippen molar-refractivity contribution in [3.8, 4) is 0 Å². The van der Waals surface area contributed by atoms with Gasteiger partial charge in [0.25, 0.3) is 0 Å². The number of piperazine rings is 1. The molecule has 1 aromatic carbocycles. The van der Waals surface area contributed by atoms with E-state index in [0.29, 0.717) is 48.3 Å². The smallest absolute Gasteiger partial charge is 0.246 e. The Hall–Kier alpha value is -1.57. The first kappa shape index (κ1) is 17.3. The van der Waals surface area contributed by atoms with Crippen molar-refractivity contribution in [3.63, 3.8) is 0 Å². The first-order valence-electron chi connectivity index (χ1n) is 7.96. The van der Waals surface area contributed by atoms with Crippen molar-refractivity contribution < 1.29 is 8.42 Å². The van der Waals surface area contributed by atoms with Gasteiger partial charge in [0, 0.05) is 43.4 Å². The number of aryl methyl sites for hydroxylation is 1. The molecule has 0 N–H and O–H groups in total. The van der Waals surface area contributed by atoms with Crippen LogP contribution in [-0.4, -0.2) is 48.7 Å². The lowest BCUT2D eigenvalue weighted by Crippen LogP contribution is -2.48. The summed E-state index contributed by atoms with van der Waals surface area (Å²) in [6.07, 6.45) is 1.46. The van der Waals surface area contributed by atoms with Crippen molar-refractivity contribution in [2.45, 2.75) is 25.3 Å². The Morgan fingerprint density at radius 2 is 1.92 bits per heavy atom. The number of sulfonamides is 1. The van der Waals surface area contributed by atoms with Gasteiger partial charge in [-0.1, -0.05) is 17.7 Å². The van der Waals surface area contributed by atoms with Gasteiger partial charge in [0.2, 0.25) is 10.0 Å². The molecule has 1 fully saturated rings. The SMILES string of the molecule is CCn1ncc(S(=O)(=O)N2CCN(c3cccc(Cl)c3)CC2)c1C. The van der Waals surface area contributed by atoms with Gasteiger partial charge < -0.3 is 4.90 Å². The van der Waals surface area contributed by atoms with Gasteiger partial charge in [-0.25, -0.2) is 8.42 Å². The Labute approximate surface area is 147 Å². The normalized spacial score (nSPS) is 16.5. The second-order valence-corrected chi connectivity index (χ2v) is 8.12. The molecule has 0 unspecified atom stereocenters. The van der Waals surface area contributed by atoms with Gasteiger partial charge in [0.15, 0.2) is 0 Å². The molecule has 2 heterocycles. The molecule has 1 aliphatic heterocycles. The summed E-state index contributed by atoms with van der Waals surface area (Å²) < 4.78 is 29.0. The van der Waals surface area contributed by atoms with Gasteiger partial charge in [-0.2, -0.15) is 9.40 Å². The quantitative estimate of drug-likeness (QED) is 0.831. The monoisotopic (exact) mass is 368 g/mol. The molecule has 0 amide bonds. The van der Waals surface area contributed by atoms with Crippen molar-refractivity contribution in [1.29, 1.82) is 0 Å². The minimum Gasteiger partial charge on any atom is -0.369 e. The molecule has 6 nitrogen and oxygen atoms in total. The van der Waals surface area contributed by atoms with Crippen LogP contribution in [0.15, 0.2) is 35.4 Å². The molecule has 1 aliphatic rings. The van der Waals surface area contributed by atoms with Crippen LogP contribution in [0.2, 0.25) is 5.02 Å². The molecule has 1 saturated heterocycles. The minimum absolute atomic E-state index is 0.306. The summed E-state index contributed by atoms with van der Waals surface area (Å²) in [4.78, 5) is 2.46. The fourth-order valence-corrected chi connectivity index (χ4v) is 4.77. The van der Waals surface area contributed by atoms with Gasteiger partial charge in [-0.15, -0.1) is 0 Å². The molecule has 0 saturated carbocycles. The Balaban J connectivity index is 1.75. The van der Waals surface area contributed by atoms with Crippen LogP contribution in [0, 0.1) is 6.92 Å². The number of anilines is 1. The van der Waals surface area contributed by atoms with E-state index in [1.54, 1.807) is 11.6 Å². The highest BCUT2D eigenvalue weighted by atomic mass is 35.5. The van der Waals surface area contributed by atoms with Gasteiger partial charge in [0.05, 0.1) is 11.9 Å². The molecule has 0 radical (unpaired) electrons. The zero-order chi connectivity index (χ0) is 17.3. The molecular formula is C16H21ClN4O2S. The van der Waals surface area contributed by atoms with E-state index < -0.39 is 10.0 Å². The van der Waals surface area contributed by atoms with Crippen LogP contribution in [0.4, 0.5) is 5.69 Å². The van der Waals surface area contributed by atoms with Crippen LogP contribution in [0.25, 0.3) is 0 Å². The molecule has 1 aromatic heterocycles. The average molecular weight is 369 g/mol. The number of benzene rings is 1. The Morgan fingerprint density at radius 1 is 1.21 bits per heavy atom. The third-order valence-corrected chi connectivity index (χ3v) is 6.62. The third-order valence-electron chi connectivity index (χ3n) is 4.39. The second kappa shape index (κ2) is 6.74. The maximum absolute atomic E-state index is 12.9. The predicted molar refractivity (Wildman–Crippen MR) is 95.1 cm³/mol. The zero-order valence-electron chi connectivity index (χ0n) is 13.8. The number of hydrogen-bond acceptors (Lipinski definition) is 4. The summed E-state index contributed by atoms with van der Waals surface area (Å²) in [5.74, 6) is 0. The topological polar surface area (TPSA) is 58.4 Å². The molecule has 24 heavy (non-hydrogen) atoms. The summed E-state index contributed by atoms with van der Waals surface area (Å²) in [5, 5.41) is 4.84. The molecule has 8 heteroatoms. The third kappa shape index (κ3) is 3.16. The van der Waals surface area contributed by atoms with E-state index >= 15 is 0 Å². The molecule has 0 atom stereocenters. The number of aromatic nitrogens is 2. The molecule has 0 bridgehead atoms. The van der Waals surface area contributed by atoms with Crippen molar-refractivity contribution in [2.75, 3.05) is 31.1 Å². The van der Waals surface area contributed by atoms with E-state index in [1.807, 2.05) is 31.2 Å². The predicted octanol–water partition coefficient (Wildman–Crippen LogP) is 2.38. The maximum Gasteiger partial charge on any atom is 0.246 e. The summed E-state index contributed by atoms with van der Waals surface area (Å²) in [7, 11) is -3.50. The van der Waals surface area contributed by atoms with E-state index in [4.69, 9.17) is 11.6 Å². The Bertz CT molecular complexity index is 826. The van der Waals surface area contributed by atoms with Crippen LogP contribution >= 0.6 is 11.6 Å². The van der Waals surface area contributed by atoms with Crippen molar-refractivity contribution in [1.82, 2.24) is 14.1 Å². The number of rotatable bonds is 4. The van der Waals surface area contributed by atoms with Gasteiger partial charge in [-0.3, -0.25) is 4.68 Å². The van der Waals surface area contributed by atoms with Crippen LogP contribution in [0.5, 0.6) is 0 Å². The van der Waals surface area contributed by atoms with Crippen molar-refractivity contribution >= 4 is 27.3 Å². The van der Waals surface area contributed by atoms with E-state index in [-0.39, 0.29) is 0 Å². The maximum atomic E-state index is 12.9. The summed E-state index contributed by atoms with van der Waals surface area (Å²) in [6.45, 7) is 6.58. The van der Waals surface area contributed by atoms with E-state index in [2.05, 4.69) is 10.00 Å². The lowest BCUT2D eigenvalue weighted by atomic mass is 10.2. The van der Waals surface area contributed by atoms with Gasteiger partial charge in [0.1, 0.15) is 4.90 Å². The van der Waals surface area contributed by atoms with Crippen molar-refractivity contribution in [3.05, 3.63) is 41.2 Å². The Kier molecular flexibility index (Phi) is 4.85. The number of nitrogens with zero attached hydrogens (tertiary/aromatic N) is 4. The lowest BCUT2D eigenvalue weighted by molar-refractivity contribution is 0.384. The summed E-state index contributed by atoms with van der Waals surface area (Å²) in [6, 6.07) is 7.63. The number of halogens is 1. The van der Waals surface area contributed by atoms with Crippen LogP contribution in [0.3, 0.4) is 0 Å². The number of hydrogen-bond donors (Lipinski definition) is 0. The molecular weight excluding hydrogens is 348 g/mol. The summed E-state index contributed by atoms with van der Waals surface area (Å²) in [5.41, 5.74) is 1.71. The molecule has 0 spiro atoms. The van der Waals surface area contributed by atoms with Crippen LogP contribution < -0.4 is 4.90 Å². The van der Waals surface area contributed by atoms with E-state index in [9.17, 15) is 8.42 Å². The van der Waals surface area contributed by atoms with E-state index in [0.717, 1.165) is 5.69 Å². The van der Waals surface area contributed by atoms with Crippen LogP contribution in [0.1, 0.15) is 12.6 Å². The first-order valence-corrected chi connectivity index (χ1v) is 9.78. The highest BCUT2D eigenvalue weighted by Crippen LogP contribution is 2.24. The zero-order valence-corrected chi connectivity index (χ0v) is 15.4. The minimum atomic E-state index is -3.50. The van der Waals surface area contributed by atoms with E-state index in [1.165, 1.54) is 10.5 Å². The van der Waals surface area contributed by atoms with Crippen LogP contribution in [-0.2, 0) is 16.6 Å². The summed E-state index contributed by atoms with van der Waals surface area (Å²) >= 11 is 6.04.